The van der Waals surface area contributed by atoms with Gasteiger partial charge in [0.1, 0.15) is 23.5 Å². The lowest BCUT2D eigenvalue weighted by atomic mass is 9.85. The molecule has 4 heterocycles. The van der Waals surface area contributed by atoms with E-state index in [1.165, 1.54) is 0 Å². The molecule has 2 atom stereocenters. The van der Waals surface area contributed by atoms with E-state index in [2.05, 4.69) is 74.8 Å². The van der Waals surface area contributed by atoms with Crippen LogP contribution in [0.4, 0.5) is 10.6 Å². The second kappa shape index (κ2) is 15.2. The molecule has 1 aliphatic heterocycles. The maximum Gasteiger partial charge on any atom is 0.320 e. The average molecular weight is 712 g/mol. The maximum absolute atomic E-state index is 13.5. The lowest BCUT2D eigenvalue weighted by Gasteiger charge is -2.48. The van der Waals surface area contributed by atoms with Gasteiger partial charge in [-0.2, -0.15) is 0 Å². The molecule has 1 fully saturated rings. The summed E-state index contributed by atoms with van der Waals surface area (Å²) in [5.74, 6) is 1.89. The van der Waals surface area contributed by atoms with E-state index in [0.717, 1.165) is 54.3 Å². The number of likely N-dealkylation sites (tertiary alicyclic amines) is 1. The molecule has 3 aromatic heterocycles. The van der Waals surface area contributed by atoms with Crippen molar-refractivity contribution in [1.82, 2.24) is 40.1 Å². The van der Waals surface area contributed by atoms with Gasteiger partial charge in [-0.1, -0.05) is 58.9 Å². The van der Waals surface area contributed by atoms with Crippen LogP contribution in [0.25, 0.3) is 5.65 Å². The molecule has 3 amide bonds. The molecule has 1 saturated heterocycles. The number of anilines is 1. The van der Waals surface area contributed by atoms with Gasteiger partial charge in [-0.25, -0.2) is 14.8 Å². The molecule has 0 unspecified atom stereocenters. The third-order valence-corrected chi connectivity index (χ3v) is 10.4. The Morgan fingerprint density at radius 1 is 0.962 bits per heavy atom. The number of carbonyl (C=O) groups excluding carboxylic acids is 2. The van der Waals surface area contributed by atoms with Crippen molar-refractivity contribution < 1.29 is 19.1 Å². The largest absolute Gasteiger partial charge is 0.484 e. The highest BCUT2D eigenvalue weighted by molar-refractivity contribution is 5.92. The first kappa shape index (κ1) is 37.1. The SMILES string of the molecule is CCC(CC)c1nnc2ccc(O[C@@H]3CC[C@H](NC(=O)Nc4cc(C(C)(C)C)nc(C(=O)NCC(C)(C)N5CC(OC)C5)n4)c4ccccc43)cn12. The zero-order chi connectivity index (χ0) is 37.2. The summed E-state index contributed by atoms with van der Waals surface area (Å²) in [7, 11) is 1.72. The molecule has 3 N–H and O–H groups in total. The van der Waals surface area contributed by atoms with Gasteiger partial charge >= 0.3 is 6.03 Å². The molecule has 0 saturated carbocycles. The normalized spacial score (nSPS) is 18.2. The van der Waals surface area contributed by atoms with Gasteiger partial charge in [0.05, 0.1) is 24.0 Å². The first-order valence-corrected chi connectivity index (χ1v) is 18.4. The van der Waals surface area contributed by atoms with Gasteiger partial charge in [-0.3, -0.25) is 19.4 Å². The Bertz CT molecular complexity index is 1890. The number of rotatable bonds is 12. The summed E-state index contributed by atoms with van der Waals surface area (Å²) < 4.78 is 14.0. The van der Waals surface area contributed by atoms with Crippen LogP contribution in [0.5, 0.6) is 5.75 Å². The molecule has 0 spiro atoms. The first-order valence-electron chi connectivity index (χ1n) is 18.4. The number of methoxy groups -OCH3 is 1. The Kier molecular flexibility index (Phi) is 10.8. The third-order valence-electron chi connectivity index (χ3n) is 10.4. The van der Waals surface area contributed by atoms with E-state index >= 15 is 0 Å². The van der Waals surface area contributed by atoms with Gasteiger partial charge in [-0.15, -0.1) is 10.2 Å². The summed E-state index contributed by atoms with van der Waals surface area (Å²) in [6.45, 7) is 16.6. The van der Waals surface area contributed by atoms with Gasteiger partial charge in [-0.05, 0) is 62.8 Å². The van der Waals surface area contributed by atoms with E-state index in [9.17, 15) is 9.59 Å². The number of aromatic nitrogens is 5. The summed E-state index contributed by atoms with van der Waals surface area (Å²) in [4.78, 5) is 38.2. The minimum atomic E-state index is -0.414. The minimum absolute atomic E-state index is 0.0107. The van der Waals surface area contributed by atoms with Gasteiger partial charge in [0.25, 0.3) is 5.91 Å². The van der Waals surface area contributed by atoms with E-state index in [1.54, 1.807) is 13.2 Å². The maximum atomic E-state index is 13.5. The Morgan fingerprint density at radius 2 is 1.69 bits per heavy atom. The number of nitrogens with zero attached hydrogens (tertiary/aromatic N) is 6. The number of pyridine rings is 1. The molecule has 4 aromatic rings. The standard InChI is InChI=1S/C39H53N9O4/c1-9-24(10-2)35-46-45-33-18-15-25(22-48(33)35)52-30-17-16-29(27-13-11-12-14-28(27)30)41-37(50)44-32-19-31(38(3,4)5)42-34(43-32)36(49)40-23-39(6,7)47-20-26(21-47)51-8/h11-15,18-19,22,24,26,29-30H,9-10,16-17,20-21,23H2,1-8H3,(H,40,49)(H2,41,42,43,44,50)/t29-,30+/m0/s1. The first-order chi connectivity index (χ1) is 24.8. The van der Waals surface area contributed by atoms with E-state index in [-0.39, 0.29) is 40.8 Å². The lowest BCUT2D eigenvalue weighted by Crippen LogP contribution is -2.63. The second-order valence-electron chi connectivity index (χ2n) is 15.6. The number of amides is 3. The average Bonchev–Trinajstić information content (AvgIpc) is 3.51. The molecule has 13 heteroatoms. The summed E-state index contributed by atoms with van der Waals surface area (Å²) in [5, 5.41) is 17.9. The van der Waals surface area contributed by atoms with Gasteiger partial charge < -0.3 is 20.1 Å². The highest BCUT2D eigenvalue weighted by Crippen LogP contribution is 2.39. The zero-order valence-corrected chi connectivity index (χ0v) is 31.7. The minimum Gasteiger partial charge on any atom is -0.484 e. The number of ether oxygens (including phenoxy) is 2. The molecule has 1 aromatic carbocycles. The smallest absolute Gasteiger partial charge is 0.320 e. The molecule has 2 aliphatic rings. The Hall–Kier alpha value is -4.62. The van der Waals surface area contributed by atoms with E-state index in [1.807, 2.05) is 61.7 Å². The number of carbonyl (C=O) groups is 2. The van der Waals surface area contributed by atoms with E-state index in [0.29, 0.717) is 31.0 Å². The van der Waals surface area contributed by atoms with Gasteiger partial charge in [0.2, 0.25) is 5.82 Å². The van der Waals surface area contributed by atoms with Crippen molar-refractivity contribution in [2.45, 2.75) is 109 Å². The van der Waals surface area contributed by atoms with Crippen LogP contribution in [-0.4, -0.2) is 79.8 Å². The van der Waals surface area contributed by atoms with Crippen molar-refractivity contribution >= 4 is 23.4 Å². The number of nitrogens with one attached hydrogen (secondary N) is 3. The summed E-state index contributed by atoms with van der Waals surface area (Å²) in [6.07, 6.45) is 5.36. The molecule has 0 radical (unpaired) electrons. The van der Waals surface area contributed by atoms with E-state index < -0.39 is 11.9 Å². The van der Waals surface area contributed by atoms with Crippen molar-refractivity contribution in [2.24, 2.45) is 0 Å². The number of benzene rings is 1. The highest BCUT2D eigenvalue weighted by atomic mass is 16.5. The molecular weight excluding hydrogens is 658 g/mol. The predicted molar refractivity (Wildman–Crippen MR) is 200 cm³/mol. The topological polar surface area (TPSA) is 148 Å². The summed E-state index contributed by atoms with van der Waals surface area (Å²) in [5.41, 5.74) is 2.81. The molecule has 52 heavy (non-hydrogen) atoms. The van der Waals surface area contributed by atoms with Crippen LogP contribution in [0.2, 0.25) is 0 Å². The van der Waals surface area contributed by atoms with Crippen LogP contribution >= 0.6 is 0 Å². The summed E-state index contributed by atoms with van der Waals surface area (Å²) >= 11 is 0. The van der Waals surface area contributed by atoms with Crippen LogP contribution in [0, 0.1) is 0 Å². The van der Waals surface area contributed by atoms with Crippen LogP contribution in [0.1, 0.15) is 125 Å². The molecular formula is C39H53N9O4. The fourth-order valence-corrected chi connectivity index (χ4v) is 6.95. The molecule has 278 valence electrons. The predicted octanol–water partition coefficient (Wildman–Crippen LogP) is 6.34. The summed E-state index contributed by atoms with van der Waals surface area (Å²) in [6, 6.07) is 13.0. The van der Waals surface area contributed by atoms with Crippen molar-refractivity contribution in [2.75, 3.05) is 32.1 Å². The van der Waals surface area contributed by atoms with Gasteiger partial charge in [0, 0.05) is 49.7 Å². The lowest BCUT2D eigenvalue weighted by molar-refractivity contribution is -0.0742. The molecule has 13 nitrogen and oxygen atoms in total. The molecule has 6 rings (SSSR count). The number of fused-ring (bicyclic) bond motifs is 2. The van der Waals surface area contributed by atoms with Crippen LogP contribution in [-0.2, 0) is 10.2 Å². The fourth-order valence-electron chi connectivity index (χ4n) is 6.95. The van der Waals surface area contributed by atoms with Crippen LogP contribution in [0.3, 0.4) is 0 Å². The Labute approximate surface area is 306 Å². The van der Waals surface area contributed by atoms with E-state index in [4.69, 9.17) is 9.47 Å². The molecule has 0 bridgehead atoms. The highest BCUT2D eigenvalue weighted by Gasteiger charge is 2.38. The number of hydrogen-bond acceptors (Lipinski definition) is 9. The van der Waals surface area contributed by atoms with Crippen LogP contribution in [0.15, 0.2) is 48.7 Å². The number of urea groups is 1. The van der Waals surface area contributed by atoms with Crippen molar-refractivity contribution in [3.05, 3.63) is 77.1 Å². The quantitative estimate of drug-likeness (QED) is 0.153. The zero-order valence-electron chi connectivity index (χ0n) is 31.7. The van der Waals surface area contributed by atoms with Crippen LogP contribution < -0.4 is 20.7 Å². The van der Waals surface area contributed by atoms with Crippen molar-refractivity contribution in [1.29, 1.82) is 0 Å². The van der Waals surface area contributed by atoms with Gasteiger partial charge in [0.15, 0.2) is 5.65 Å². The fraction of sp³-hybridized carbons (Fsp3) is 0.538. The van der Waals surface area contributed by atoms with Crippen molar-refractivity contribution in [3.63, 3.8) is 0 Å². The monoisotopic (exact) mass is 711 g/mol. The second-order valence-corrected chi connectivity index (χ2v) is 15.6. The molecule has 1 aliphatic carbocycles. The Balaban J connectivity index is 1.14. The van der Waals surface area contributed by atoms with Crippen molar-refractivity contribution in [3.8, 4) is 5.75 Å². The third kappa shape index (κ3) is 8.05. The number of hydrogen-bond donors (Lipinski definition) is 3. The Morgan fingerprint density at radius 3 is 2.38 bits per heavy atom.